The van der Waals surface area contributed by atoms with Crippen molar-refractivity contribution >= 4 is 5.69 Å². The van der Waals surface area contributed by atoms with Crippen molar-refractivity contribution in [2.24, 2.45) is 0 Å². The van der Waals surface area contributed by atoms with Gasteiger partial charge in [0.2, 0.25) is 0 Å². The number of rotatable bonds is 2. The average Bonchev–Trinajstić information content (AvgIpc) is 2.04. The maximum atomic E-state index is 5.72. The average molecular weight is 151 g/mol. The summed E-state index contributed by atoms with van der Waals surface area (Å²) in [6.45, 7) is 2.05. The number of anilines is 1. The minimum atomic E-state index is 0.267. The Morgan fingerprint density at radius 2 is 2.36 bits per heavy atom. The van der Waals surface area contributed by atoms with Gasteiger partial charge in [-0.15, -0.1) is 0 Å². The Labute approximate surface area is 66.6 Å². The summed E-state index contributed by atoms with van der Waals surface area (Å²) < 4.78 is 0. The third-order valence-electron chi connectivity index (χ3n) is 1.79. The molecule has 0 unspecified atom stereocenters. The molecule has 0 radical (unpaired) electrons. The molecule has 11 heavy (non-hydrogen) atoms. The van der Waals surface area contributed by atoms with E-state index in [-0.39, 0.29) is 6.04 Å². The molecule has 0 aromatic carbocycles. The van der Waals surface area contributed by atoms with Crippen molar-refractivity contribution in [1.82, 2.24) is 10.3 Å². The second kappa shape index (κ2) is 3.34. The zero-order valence-electron chi connectivity index (χ0n) is 6.83. The summed E-state index contributed by atoms with van der Waals surface area (Å²) in [6, 6.07) is 2.08. The van der Waals surface area contributed by atoms with Crippen molar-refractivity contribution in [3.63, 3.8) is 0 Å². The van der Waals surface area contributed by atoms with Gasteiger partial charge in [0.1, 0.15) is 0 Å². The fourth-order valence-electron chi connectivity index (χ4n) is 0.935. The van der Waals surface area contributed by atoms with Crippen molar-refractivity contribution in [3.8, 4) is 0 Å². The maximum absolute atomic E-state index is 5.72. The van der Waals surface area contributed by atoms with E-state index >= 15 is 0 Å². The third-order valence-corrected chi connectivity index (χ3v) is 1.79. The predicted molar refractivity (Wildman–Crippen MR) is 46.1 cm³/mol. The van der Waals surface area contributed by atoms with Crippen LogP contribution in [0.2, 0.25) is 0 Å². The van der Waals surface area contributed by atoms with Gasteiger partial charge in [-0.05, 0) is 20.0 Å². The first-order valence-electron chi connectivity index (χ1n) is 3.62. The highest BCUT2D eigenvalue weighted by Crippen LogP contribution is 2.16. The van der Waals surface area contributed by atoms with Gasteiger partial charge in [-0.1, -0.05) is 0 Å². The molecule has 0 amide bonds. The Bertz CT molecular complexity index is 235. The molecule has 0 saturated carbocycles. The lowest BCUT2D eigenvalue weighted by atomic mass is 10.1. The van der Waals surface area contributed by atoms with Crippen LogP contribution in [0.15, 0.2) is 18.5 Å². The van der Waals surface area contributed by atoms with Crippen LogP contribution in [-0.4, -0.2) is 12.0 Å². The van der Waals surface area contributed by atoms with Gasteiger partial charge in [-0.2, -0.15) is 0 Å². The fourth-order valence-corrected chi connectivity index (χ4v) is 0.935. The minimum Gasteiger partial charge on any atom is -0.398 e. The van der Waals surface area contributed by atoms with Crippen LogP contribution in [0, 0.1) is 0 Å². The van der Waals surface area contributed by atoms with Crippen LogP contribution < -0.4 is 11.1 Å². The first kappa shape index (κ1) is 8.01. The molecule has 3 N–H and O–H groups in total. The van der Waals surface area contributed by atoms with Gasteiger partial charge in [0.25, 0.3) is 0 Å². The molecule has 1 aromatic rings. The minimum absolute atomic E-state index is 0.267. The number of hydrogen-bond donors (Lipinski definition) is 2. The predicted octanol–water partition coefficient (Wildman–Crippen LogP) is 0.944. The van der Waals surface area contributed by atoms with Crippen LogP contribution >= 0.6 is 0 Å². The Morgan fingerprint density at radius 3 is 2.91 bits per heavy atom. The number of nitrogens with two attached hydrogens (primary N) is 1. The Balaban J connectivity index is 2.93. The standard InChI is InChI=1S/C8H13N3/c1-6(10-2)7-5-11-4-3-8(7)9/h3-6,10H,1-2H3,(H2,9,11)/t6-/m0/s1. The van der Waals surface area contributed by atoms with E-state index in [1.54, 1.807) is 12.4 Å². The van der Waals surface area contributed by atoms with Crippen molar-refractivity contribution in [2.75, 3.05) is 12.8 Å². The highest BCUT2D eigenvalue weighted by molar-refractivity contribution is 5.45. The van der Waals surface area contributed by atoms with E-state index in [9.17, 15) is 0 Å². The smallest absolute Gasteiger partial charge is 0.0393 e. The lowest BCUT2D eigenvalue weighted by Gasteiger charge is -2.11. The summed E-state index contributed by atoms with van der Waals surface area (Å²) >= 11 is 0. The van der Waals surface area contributed by atoms with Gasteiger partial charge in [0.15, 0.2) is 0 Å². The van der Waals surface area contributed by atoms with Gasteiger partial charge in [-0.3, -0.25) is 4.98 Å². The van der Waals surface area contributed by atoms with Crippen LogP contribution in [0.1, 0.15) is 18.5 Å². The molecule has 0 fully saturated rings. The molecule has 0 aliphatic heterocycles. The van der Waals surface area contributed by atoms with Gasteiger partial charge >= 0.3 is 0 Å². The quantitative estimate of drug-likeness (QED) is 0.661. The normalized spacial score (nSPS) is 12.9. The molecule has 3 heteroatoms. The summed E-state index contributed by atoms with van der Waals surface area (Å²) in [5, 5.41) is 3.10. The molecule has 3 nitrogen and oxygen atoms in total. The molecular formula is C8H13N3. The molecule has 1 aromatic heterocycles. The first-order chi connectivity index (χ1) is 5.25. The highest BCUT2D eigenvalue weighted by atomic mass is 14.9. The SMILES string of the molecule is CN[C@@H](C)c1cnccc1N. The number of aromatic nitrogens is 1. The molecule has 0 bridgehead atoms. The summed E-state index contributed by atoms with van der Waals surface area (Å²) in [5.41, 5.74) is 7.56. The summed E-state index contributed by atoms with van der Waals surface area (Å²) in [5.74, 6) is 0. The second-order valence-corrected chi connectivity index (χ2v) is 2.51. The van der Waals surface area contributed by atoms with Gasteiger partial charge in [0.05, 0.1) is 0 Å². The van der Waals surface area contributed by atoms with Crippen molar-refractivity contribution in [2.45, 2.75) is 13.0 Å². The van der Waals surface area contributed by atoms with E-state index in [0.717, 1.165) is 11.3 Å². The van der Waals surface area contributed by atoms with E-state index in [2.05, 4.69) is 10.3 Å². The Kier molecular flexibility index (Phi) is 2.44. The Morgan fingerprint density at radius 1 is 1.64 bits per heavy atom. The van der Waals surface area contributed by atoms with Crippen molar-refractivity contribution in [3.05, 3.63) is 24.0 Å². The van der Waals surface area contributed by atoms with E-state index in [4.69, 9.17) is 5.73 Å². The summed E-state index contributed by atoms with van der Waals surface area (Å²) in [7, 11) is 1.90. The first-order valence-corrected chi connectivity index (χ1v) is 3.62. The molecule has 0 spiro atoms. The lowest BCUT2D eigenvalue weighted by molar-refractivity contribution is 0.651. The van der Waals surface area contributed by atoms with E-state index in [1.807, 2.05) is 20.0 Å². The molecule has 0 aliphatic rings. The number of hydrogen-bond acceptors (Lipinski definition) is 3. The lowest BCUT2D eigenvalue weighted by Crippen LogP contribution is -2.14. The molecule has 0 saturated heterocycles. The third kappa shape index (κ3) is 1.68. The number of nitrogen functional groups attached to an aromatic ring is 1. The van der Waals surface area contributed by atoms with E-state index in [1.165, 1.54) is 0 Å². The van der Waals surface area contributed by atoms with Gasteiger partial charge in [0, 0.05) is 29.7 Å². The second-order valence-electron chi connectivity index (χ2n) is 2.51. The summed E-state index contributed by atoms with van der Waals surface area (Å²) in [6.07, 6.45) is 3.48. The number of pyridine rings is 1. The number of nitrogens with one attached hydrogen (secondary N) is 1. The number of nitrogens with zero attached hydrogens (tertiary/aromatic N) is 1. The highest BCUT2D eigenvalue weighted by Gasteiger charge is 2.04. The van der Waals surface area contributed by atoms with Crippen LogP contribution in [0.25, 0.3) is 0 Å². The van der Waals surface area contributed by atoms with Gasteiger partial charge < -0.3 is 11.1 Å². The molecule has 1 heterocycles. The zero-order chi connectivity index (χ0) is 8.27. The Hall–Kier alpha value is -1.09. The topological polar surface area (TPSA) is 50.9 Å². The monoisotopic (exact) mass is 151 g/mol. The van der Waals surface area contributed by atoms with Crippen LogP contribution in [0.4, 0.5) is 5.69 Å². The van der Waals surface area contributed by atoms with Gasteiger partial charge in [-0.25, -0.2) is 0 Å². The van der Waals surface area contributed by atoms with E-state index < -0.39 is 0 Å². The van der Waals surface area contributed by atoms with Crippen LogP contribution in [0.5, 0.6) is 0 Å². The molecule has 60 valence electrons. The van der Waals surface area contributed by atoms with Crippen LogP contribution in [-0.2, 0) is 0 Å². The fraction of sp³-hybridized carbons (Fsp3) is 0.375. The molecular weight excluding hydrogens is 138 g/mol. The molecule has 1 rings (SSSR count). The zero-order valence-corrected chi connectivity index (χ0v) is 6.83. The maximum Gasteiger partial charge on any atom is 0.0393 e. The largest absolute Gasteiger partial charge is 0.398 e. The van der Waals surface area contributed by atoms with Crippen molar-refractivity contribution in [1.29, 1.82) is 0 Å². The molecule has 1 atom stereocenters. The molecule has 0 aliphatic carbocycles. The van der Waals surface area contributed by atoms with Crippen molar-refractivity contribution < 1.29 is 0 Å². The van der Waals surface area contributed by atoms with Crippen LogP contribution in [0.3, 0.4) is 0 Å². The summed E-state index contributed by atoms with van der Waals surface area (Å²) in [4.78, 5) is 3.99. The van der Waals surface area contributed by atoms with E-state index in [0.29, 0.717) is 0 Å².